The van der Waals surface area contributed by atoms with Crippen molar-refractivity contribution >= 4 is 11.7 Å². The van der Waals surface area contributed by atoms with E-state index in [1.807, 2.05) is 17.7 Å². The molecule has 0 bridgehead atoms. The molecule has 1 fully saturated rings. The summed E-state index contributed by atoms with van der Waals surface area (Å²) in [5.41, 5.74) is 2.58. The van der Waals surface area contributed by atoms with Crippen molar-refractivity contribution in [2.45, 2.75) is 38.9 Å². The topological polar surface area (TPSA) is 88.0 Å². The fourth-order valence-corrected chi connectivity index (χ4v) is 3.45. The number of aromatic nitrogens is 4. The molecule has 0 radical (unpaired) electrons. The smallest absolute Gasteiger partial charge is 0.272 e. The molecule has 1 amide bonds. The van der Waals surface area contributed by atoms with E-state index >= 15 is 0 Å². The van der Waals surface area contributed by atoms with Crippen LogP contribution in [0.1, 0.15) is 34.7 Å². The average molecular weight is 341 g/mol. The van der Waals surface area contributed by atoms with Gasteiger partial charge in [0, 0.05) is 19.1 Å². The summed E-state index contributed by atoms with van der Waals surface area (Å²) in [6.45, 7) is 6.27. The molecule has 4 heterocycles. The lowest BCUT2D eigenvalue weighted by Gasteiger charge is -2.28. The summed E-state index contributed by atoms with van der Waals surface area (Å²) >= 11 is 0. The van der Waals surface area contributed by atoms with Crippen LogP contribution in [0.15, 0.2) is 18.2 Å². The number of anilines is 1. The van der Waals surface area contributed by atoms with Crippen LogP contribution in [0.3, 0.4) is 0 Å². The van der Waals surface area contributed by atoms with Crippen LogP contribution in [0.2, 0.25) is 0 Å². The van der Waals surface area contributed by atoms with Gasteiger partial charge in [0.1, 0.15) is 0 Å². The third-order valence-electron chi connectivity index (χ3n) is 4.76. The van der Waals surface area contributed by atoms with E-state index < -0.39 is 0 Å². The SMILES string of the molecule is Cc1cc2n(n1)CCN(c1ccc(C(=O)NC3CCCNC3)nn1)C2. The van der Waals surface area contributed by atoms with Gasteiger partial charge in [-0.2, -0.15) is 5.10 Å². The Morgan fingerprint density at radius 1 is 1.32 bits per heavy atom. The fraction of sp³-hybridized carbons (Fsp3) is 0.529. The number of carbonyl (C=O) groups is 1. The first kappa shape index (κ1) is 16.0. The Hall–Kier alpha value is -2.48. The number of hydrogen-bond acceptors (Lipinski definition) is 6. The van der Waals surface area contributed by atoms with E-state index in [1.54, 1.807) is 6.07 Å². The average Bonchev–Trinajstić information content (AvgIpc) is 3.02. The van der Waals surface area contributed by atoms with Gasteiger partial charge < -0.3 is 15.5 Å². The molecule has 0 aliphatic carbocycles. The standard InChI is InChI=1S/C17H23N7O/c1-12-9-14-11-23(7-8-24(14)22-12)16-5-4-15(20-21-16)17(25)19-13-3-2-6-18-10-13/h4-5,9,13,18H,2-3,6-8,10-11H2,1H3,(H,19,25). The van der Waals surface area contributed by atoms with Crippen LogP contribution in [0.5, 0.6) is 0 Å². The molecule has 2 N–H and O–H groups in total. The van der Waals surface area contributed by atoms with Crippen LogP contribution in [0, 0.1) is 6.92 Å². The van der Waals surface area contributed by atoms with Gasteiger partial charge in [-0.05, 0) is 44.5 Å². The third-order valence-corrected chi connectivity index (χ3v) is 4.76. The first-order valence-electron chi connectivity index (χ1n) is 8.82. The van der Waals surface area contributed by atoms with Gasteiger partial charge in [-0.3, -0.25) is 9.48 Å². The van der Waals surface area contributed by atoms with E-state index in [2.05, 4.69) is 36.9 Å². The first-order valence-corrected chi connectivity index (χ1v) is 8.82. The van der Waals surface area contributed by atoms with Gasteiger partial charge in [0.15, 0.2) is 11.5 Å². The minimum Gasteiger partial charge on any atom is -0.347 e. The quantitative estimate of drug-likeness (QED) is 0.844. The number of nitrogens with zero attached hydrogens (tertiary/aromatic N) is 5. The Morgan fingerprint density at radius 2 is 2.24 bits per heavy atom. The largest absolute Gasteiger partial charge is 0.347 e. The minimum atomic E-state index is -0.153. The molecular formula is C17H23N7O. The summed E-state index contributed by atoms with van der Waals surface area (Å²) in [5.74, 6) is 0.640. The molecule has 4 rings (SSSR count). The van der Waals surface area contributed by atoms with E-state index in [1.165, 1.54) is 5.69 Å². The summed E-state index contributed by atoms with van der Waals surface area (Å²) in [6, 6.07) is 5.90. The normalized spacial score (nSPS) is 20.2. The van der Waals surface area contributed by atoms with E-state index in [4.69, 9.17) is 0 Å². The predicted molar refractivity (Wildman–Crippen MR) is 93.4 cm³/mol. The molecule has 2 aromatic heterocycles. The number of hydrogen-bond donors (Lipinski definition) is 2. The highest BCUT2D eigenvalue weighted by atomic mass is 16.2. The number of piperidine rings is 1. The molecule has 1 unspecified atom stereocenters. The lowest BCUT2D eigenvalue weighted by atomic mass is 10.1. The van der Waals surface area contributed by atoms with Crippen LogP contribution in [-0.2, 0) is 13.1 Å². The zero-order valence-electron chi connectivity index (χ0n) is 14.4. The third kappa shape index (κ3) is 3.48. The second-order valence-electron chi connectivity index (χ2n) is 6.72. The van der Waals surface area contributed by atoms with Crippen LogP contribution in [-0.4, -0.2) is 51.6 Å². The van der Waals surface area contributed by atoms with Crippen molar-refractivity contribution in [3.63, 3.8) is 0 Å². The Bertz CT molecular complexity index is 749. The van der Waals surface area contributed by atoms with E-state index in [-0.39, 0.29) is 11.9 Å². The maximum atomic E-state index is 12.3. The van der Waals surface area contributed by atoms with Crippen LogP contribution in [0.25, 0.3) is 0 Å². The Morgan fingerprint density at radius 3 is 3.00 bits per heavy atom. The van der Waals surface area contributed by atoms with Gasteiger partial charge in [0.2, 0.25) is 0 Å². The molecule has 2 aliphatic heterocycles. The van der Waals surface area contributed by atoms with Gasteiger partial charge in [-0.1, -0.05) is 0 Å². The molecule has 0 spiro atoms. The highest BCUT2D eigenvalue weighted by molar-refractivity contribution is 5.92. The van der Waals surface area contributed by atoms with Crippen molar-refractivity contribution in [2.75, 3.05) is 24.5 Å². The second kappa shape index (κ2) is 6.79. The van der Waals surface area contributed by atoms with E-state index in [0.717, 1.165) is 57.1 Å². The summed E-state index contributed by atoms with van der Waals surface area (Å²) in [7, 11) is 0. The summed E-state index contributed by atoms with van der Waals surface area (Å²) < 4.78 is 2.04. The Kier molecular flexibility index (Phi) is 4.35. The predicted octanol–water partition coefficient (Wildman–Crippen LogP) is 0.484. The molecule has 132 valence electrons. The van der Waals surface area contributed by atoms with Crippen molar-refractivity contribution in [3.05, 3.63) is 35.3 Å². The van der Waals surface area contributed by atoms with Crippen LogP contribution in [0.4, 0.5) is 5.82 Å². The number of aryl methyl sites for hydroxylation is 1. The minimum absolute atomic E-state index is 0.153. The number of carbonyl (C=O) groups excluding carboxylic acids is 1. The van der Waals surface area contributed by atoms with Crippen molar-refractivity contribution in [3.8, 4) is 0 Å². The molecule has 25 heavy (non-hydrogen) atoms. The molecule has 0 saturated carbocycles. The van der Waals surface area contributed by atoms with Crippen LogP contribution < -0.4 is 15.5 Å². The molecule has 2 aromatic rings. The highest BCUT2D eigenvalue weighted by Crippen LogP contribution is 2.19. The first-order chi connectivity index (χ1) is 12.2. The van der Waals surface area contributed by atoms with Crippen molar-refractivity contribution in [2.24, 2.45) is 0 Å². The zero-order valence-corrected chi connectivity index (χ0v) is 14.4. The van der Waals surface area contributed by atoms with Gasteiger partial charge >= 0.3 is 0 Å². The lowest BCUT2D eigenvalue weighted by Crippen LogP contribution is -2.45. The van der Waals surface area contributed by atoms with Gasteiger partial charge in [0.25, 0.3) is 5.91 Å². The molecule has 1 atom stereocenters. The number of amides is 1. The van der Waals surface area contributed by atoms with Gasteiger partial charge in [0.05, 0.1) is 24.5 Å². The van der Waals surface area contributed by atoms with Crippen molar-refractivity contribution in [1.29, 1.82) is 0 Å². The second-order valence-corrected chi connectivity index (χ2v) is 6.72. The molecule has 8 nitrogen and oxygen atoms in total. The summed E-state index contributed by atoms with van der Waals surface area (Å²) in [6.07, 6.45) is 2.09. The summed E-state index contributed by atoms with van der Waals surface area (Å²) in [5, 5.41) is 19.2. The number of fused-ring (bicyclic) bond motifs is 1. The summed E-state index contributed by atoms with van der Waals surface area (Å²) in [4.78, 5) is 14.5. The van der Waals surface area contributed by atoms with Crippen molar-refractivity contribution in [1.82, 2.24) is 30.6 Å². The fourth-order valence-electron chi connectivity index (χ4n) is 3.45. The molecule has 2 aliphatic rings. The maximum absolute atomic E-state index is 12.3. The van der Waals surface area contributed by atoms with E-state index in [0.29, 0.717) is 5.69 Å². The zero-order chi connectivity index (χ0) is 17.2. The lowest BCUT2D eigenvalue weighted by molar-refractivity contribution is 0.0924. The Balaban J connectivity index is 1.41. The number of rotatable bonds is 3. The molecule has 1 saturated heterocycles. The van der Waals surface area contributed by atoms with E-state index in [9.17, 15) is 4.79 Å². The Labute approximate surface area is 146 Å². The monoisotopic (exact) mass is 341 g/mol. The highest BCUT2D eigenvalue weighted by Gasteiger charge is 2.21. The van der Waals surface area contributed by atoms with Gasteiger partial charge in [-0.15, -0.1) is 10.2 Å². The number of nitrogens with one attached hydrogen (secondary N) is 2. The molecular weight excluding hydrogens is 318 g/mol. The molecule has 0 aromatic carbocycles. The maximum Gasteiger partial charge on any atom is 0.272 e. The van der Waals surface area contributed by atoms with Crippen molar-refractivity contribution < 1.29 is 4.79 Å². The molecule has 8 heteroatoms. The van der Waals surface area contributed by atoms with Gasteiger partial charge in [-0.25, -0.2) is 0 Å². The van der Waals surface area contributed by atoms with Crippen LogP contribution >= 0.6 is 0 Å².